The zero-order valence-electron chi connectivity index (χ0n) is 16.3. The number of nitrogens with zero attached hydrogens (tertiary/aromatic N) is 3. The Bertz CT molecular complexity index is 750. The van der Waals surface area contributed by atoms with Gasteiger partial charge in [0.1, 0.15) is 11.2 Å². The van der Waals surface area contributed by atoms with Crippen molar-refractivity contribution in [2.24, 2.45) is 7.05 Å². The summed E-state index contributed by atoms with van der Waals surface area (Å²) in [7, 11) is 1.64. The van der Waals surface area contributed by atoms with Gasteiger partial charge >= 0.3 is 6.09 Å². The van der Waals surface area contributed by atoms with E-state index in [0.29, 0.717) is 32.5 Å². The molecular formula is C20H29N3O4. The summed E-state index contributed by atoms with van der Waals surface area (Å²) in [4.78, 5) is 40.6. The first-order valence-electron chi connectivity index (χ1n) is 9.88. The van der Waals surface area contributed by atoms with Gasteiger partial charge in [0.15, 0.2) is 0 Å². The molecule has 2 saturated heterocycles. The van der Waals surface area contributed by atoms with Crippen LogP contribution in [0.25, 0.3) is 0 Å². The van der Waals surface area contributed by atoms with Crippen LogP contribution in [-0.2, 0) is 11.8 Å². The van der Waals surface area contributed by atoms with Crippen LogP contribution >= 0.6 is 0 Å². The van der Waals surface area contributed by atoms with Crippen molar-refractivity contribution in [3.05, 3.63) is 34.2 Å². The second-order valence-corrected chi connectivity index (χ2v) is 7.66. The first-order valence-corrected chi connectivity index (χ1v) is 9.88. The molecule has 3 heterocycles. The van der Waals surface area contributed by atoms with Gasteiger partial charge in [-0.1, -0.05) is 26.2 Å². The Kier molecular flexibility index (Phi) is 5.87. The maximum Gasteiger partial charge on any atom is 0.410 e. The molecule has 1 aromatic heterocycles. The Labute approximate surface area is 159 Å². The van der Waals surface area contributed by atoms with E-state index >= 15 is 0 Å². The van der Waals surface area contributed by atoms with Gasteiger partial charge in [0.05, 0.1) is 6.54 Å². The fourth-order valence-corrected chi connectivity index (χ4v) is 3.90. The van der Waals surface area contributed by atoms with Crippen LogP contribution in [-0.4, -0.2) is 58.1 Å². The summed E-state index contributed by atoms with van der Waals surface area (Å²) in [6.07, 6.45) is 7.11. The van der Waals surface area contributed by atoms with Gasteiger partial charge in [-0.3, -0.25) is 9.59 Å². The van der Waals surface area contributed by atoms with E-state index in [1.165, 1.54) is 17.4 Å². The molecule has 7 heteroatoms. The van der Waals surface area contributed by atoms with Gasteiger partial charge in [-0.25, -0.2) is 4.79 Å². The summed E-state index contributed by atoms with van der Waals surface area (Å²) in [5.41, 5.74) is -0.578. The molecule has 0 atom stereocenters. The van der Waals surface area contributed by atoms with E-state index in [-0.39, 0.29) is 23.1 Å². The molecule has 0 N–H and O–H groups in total. The molecule has 7 nitrogen and oxygen atoms in total. The SMILES string of the molecule is CCCCCCN1CC2(CCN(C(=O)c3cccn(C)c3=O)CC2)OC1=O. The monoisotopic (exact) mass is 375 g/mol. The molecule has 27 heavy (non-hydrogen) atoms. The van der Waals surface area contributed by atoms with E-state index in [1.54, 1.807) is 35.2 Å². The third-order valence-electron chi connectivity index (χ3n) is 5.64. The number of rotatable bonds is 6. The number of hydrogen-bond donors (Lipinski definition) is 0. The smallest absolute Gasteiger partial charge is 0.410 e. The quantitative estimate of drug-likeness (QED) is 0.716. The van der Waals surface area contributed by atoms with Gasteiger partial charge in [0.2, 0.25) is 0 Å². The molecule has 2 fully saturated rings. The number of amides is 2. The molecule has 0 unspecified atom stereocenters. The second kappa shape index (κ2) is 8.15. The first-order chi connectivity index (χ1) is 13.0. The van der Waals surface area contributed by atoms with Crippen molar-refractivity contribution in [3.63, 3.8) is 0 Å². The Hall–Kier alpha value is -2.31. The molecular weight excluding hydrogens is 346 g/mol. The molecule has 0 aromatic carbocycles. The van der Waals surface area contributed by atoms with Crippen LogP contribution < -0.4 is 5.56 Å². The van der Waals surface area contributed by atoms with E-state index < -0.39 is 5.60 Å². The lowest BCUT2D eigenvalue weighted by Gasteiger charge is -2.37. The molecule has 2 amide bonds. The summed E-state index contributed by atoms with van der Waals surface area (Å²) in [5.74, 6) is -0.244. The number of hydrogen-bond acceptors (Lipinski definition) is 4. The maximum absolute atomic E-state index is 12.7. The predicted octanol–water partition coefficient (Wildman–Crippen LogP) is 2.39. The number of likely N-dealkylation sites (tertiary alicyclic amines) is 1. The zero-order chi connectivity index (χ0) is 19.4. The van der Waals surface area contributed by atoms with E-state index in [1.807, 2.05) is 0 Å². The number of carbonyl (C=O) groups is 2. The average molecular weight is 375 g/mol. The lowest BCUT2D eigenvalue weighted by Crippen LogP contribution is -2.49. The van der Waals surface area contributed by atoms with Gasteiger partial charge in [0, 0.05) is 45.7 Å². The Morgan fingerprint density at radius 2 is 1.93 bits per heavy atom. The zero-order valence-corrected chi connectivity index (χ0v) is 16.3. The summed E-state index contributed by atoms with van der Waals surface area (Å²) in [6.45, 7) is 4.50. The second-order valence-electron chi connectivity index (χ2n) is 7.66. The number of carbonyl (C=O) groups excluding carboxylic acids is 2. The molecule has 3 rings (SSSR count). The highest BCUT2D eigenvalue weighted by Crippen LogP contribution is 2.33. The lowest BCUT2D eigenvalue weighted by atomic mass is 9.91. The molecule has 2 aliphatic heterocycles. The van der Waals surface area contributed by atoms with Gasteiger partial charge in [-0.2, -0.15) is 0 Å². The highest BCUT2D eigenvalue weighted by atomic mass is 16.6. The largest absolute Gasteiger partial charge is 0.441 e. The standard InChI is InChI=1S/C20H29N3O4/c1-3-4-5-6-12-23-15-20(27-19(23)26)9-13-22(14-10-20)18(25)16-8-7-11-21(2)17(16)24/h7-8,11H,3-6,9-10,12-15H2,1-2H3. The van der Waals surface area contributed by atoms with Crippen molar-refractivity contribution in [1.82, 2.24) is 14.4 Å². The van der Waals surface area contributed by atoms with E-state index in [2.05, 4.69) is 6.92 Å². The van der Waals surface area contributed by atoms with E-state index in [4.69, 9.17) is 4.74 Å². The van der Waals surface area contributed by atoms with Crippen LogP contribution in [0.1, 0.15) is 55.8 Å². The summed E-state index contributed by atoms with van der Waals surface area (Å²) >= 11 is 0. The summed E-state index contributed by atoms with van der Waals surface area (Å²) in [6, 6.07) is 3.28. The molecule has 0 bridgehead atoms. The average Bonchev–Trinajstić information content (AvgIpc) is 2.96. The molecule has 148 valence electrons. The third kappa shape index (κ3) is 4.17. The van der Waals surface area contributed by atoms with Crippen LogP contribution in [0.4, 0.5) is 4.79 Å². The van der Waals surface area contributed by atoms with Crippen LogP contribution in [0.15, 0.2) is 23.1 Å². The highest BCUT2D eigenvalue weighted by Gasteiger charge is 2.47. The summed E-state index contributed by atoms with van der Waals surface area (Å²) in [5, 5.41) is 0. The molecule has 0 aliphatic carbocycles. The van der Waals surface area contributed by atoms with Crippen molar-refractivity contribution in [2.45, 2.75) is 51.0 Å². The first kappa shape index (κ1) is 19.5. The maximum atomic E-state index is 12.7. The summed E-state index contributed by atoms with van der Waals surface area (Å²) < 4.78 is 7.13. The number of aryl methyl sites for hydroxylation is 1. The van der Waals surface area contributed by atoms with E-state index in [0.717, 1.165) is 19.4 Å². The minimum Gasteiger partial charge on any atom is -0.441 e. The van der Waals surface area contributed by atoms with Gasteiger partial charge in [-0.15, -0.1) is 0 Å². The van der Waals surface area contributed by atoms with Crippen molar-refractivity contribution in [2.75, 3.05) is 26.2 Å². The molecule has 0 saturated carbocycles. The minimum atomic E-state index is -0.486. The van der Waals surface area contributed by atoms with Crippen molar-refractivity contribution >= 4 is 12.0 Å². The molecule has 1 spiro atoms. The molecule has 2 aliphatic rings. The van der Waals surface area contributed by atoms with Crippen molar-refractivity contribution < 1.29 is 14.3 Å². The van der Waals surface area contributed by atoms with Gasteiger partial charge < -0.3 is 19.1 Å². The van der Waals surface area contributed by atoms with Crippen LogP contribution in [0.5, 0.6) is 0 Å². The fourth-order valence-electron chi connectivity index (χ4n) is 3.90. The minimum absolute atomic E-state index is 0.192. The number of piperidine rings is 1. The highest BCUT2D eigenvalue weighted by molar-refractivity contribution is 5.93. The number of unbranched alkanes of at least 4 members (excludes halogenated alkanes) is 3. The number of aromatic nitrogens is 1. The molecule has 1 aromatic rings. The Balaban J connectivity index is 1.57. The molecule has 0 radical (unpaired) electrons. The van der Waals surface area contributed by atoms with Crippen molar-refractivity contribution in [3.8, 4) is 0 Å². The number of ether oxygens (including phenoxy) is 1. The fraction of sp³-hybridized carbons (Fsp3) is 0.650. The number of pyridine rings is 1. The third-order valence-corrected chi connectivity index (χ3v) is 5.64. The van der Waals surface area contributed by atoms with Crippen LogP contribution in [0.3, 0.4) is 0 Å². The topological polar surface area (TPSA) is 71.8 Å². The normalized spacial score (nSPS) is 18.8. The Morgan fingerprint density at radius 3 is 2.63 bits per heavy atom. The van der Waals surface area contributed by atoms with Crippen LogP contribution in [0.2, 0.25) is 0 Å². The van der Waals surface area contributed by atoms with Gasteiger partial charge in [0.25, 0.3) is 11.5 Å². The van der Waals surface area contributed by atoms with Gasteiger partial charge in [-0.05, 0) is 18.6 Å². The predicted molar refractivity (Wildman–Crippen MR) is 102 cm³/mol. The Morgan fingerprint density at radius 1 is 1.19 bits per heavy atom. The van der Waals surface area contributed by atoms with E-state index in [9.17, 15) is 14.4 Å². The van der Waals surface area contributed by atoms with Crippen molar-refractivity contribution in [1.29, 1.82) is 0 Å². The lowest BCUT2D eigenvalue weighted by molar-refractivity contribution is 0.00307. The van der Waals surface area contributed by atoms with Crippen LogP contribution in [0, 0.1) is 0 Å².